The van der Waals surface area contributed by atoms with Crippen LogP contribution in [-0.2, 0) is 24.0 Å². The van der Waals surface area contributed by atoms with E-state index in [2.05, 4.69) is 5.32 Å². The number of nitrogens with zero attached hydrogens (tertiary/aromatic N) is 1. The highest BCUT2D eigenvalue weighted by Crippen LogP contribution is 2.16. The number of rotatable bonds is 5. The number of hydroxylamine groups is 2. The molecule has 0 saturated carbocycles. The summed E-state index contributed by atoms with van der Waals surface area (Å²) in [5.41, 5.74) is -0.713. The monoisotopic (exact) mass is 328 g/mol. The summed E-state index contributed by atoms with van der Waals surface area (Å²) in [7, 11) is 0. The van der Waals surface area contributed by atoms with Gasteiger partial charge in [-0.3, -0.25) is 9.59 Å². The Bertz CT molecular complexity index is 481. The predicted molar refractivity (Wildman–Crippen MR) is 79.8 cm³/mol. The van der Waals surface area contributed by atoms with Crippen molar-refractivity contribution in [2.45, 2.75) is 65.5 Å². The Hall–Kier alpha value is -2.12. The van der Waals surface area contributed by atoms with Crippen LogP contribution in [0.3, 0.4) is 0 Å². The molecule has 1 fully saturated rings. The molecule has 1 heterocycles. The fourth-order valence-electron chi connectivity index (χ4n) is 1.91. The van der Waals surface area contributed by atoms with Gasteiger partial charge >= 0.3 is 12.1 Å². The van der Waals surface area contributed by atoms with Gasteiger partial charge < -0.3 is 14.9 Å². The maximum Gasteiger partial charge on any atom is 0.408 e. The van der Waals surface area contributed by atoms with Gasteiger partial charge in [0.25, 0.3) is 11.8 Å². The van der Waals surface area contributed by atoms with Crippen LogP contribution in [0.25, 0.3) is 0 Å². The molecule has 0 bridgehead atoms. The second-order valence-corrected chi connectivity index (χ2v) is 6.50. The van der Waals surface area contributed by atoms with E-state index in [0.29, 0.717) is 11.5 Å². The minimum atomic E-state index is -1.02. The van der Waals surface area contributed by atoms with Crippen molar-refractivity contribution in [3.8, 4) is 0 Å². The lowest BCUT2D eigenvalue weighted by atomic mass is 9.99. The third-order valence-electron chi connectivity index (χ3n) is 3.33. The lowest BCUT2D eigenvalue weighted by Crippen LogP contribution is -2.49. The van der Waals surface area contributed by atoms with Gasteiger partial charge in [-0.1, -0.05) is 20.3 Å². The van der Waals surface area contributed by atoms with Gasteiger partial charge in [0, 0.05) is 12.8 Å². The molecule has 130 valence electrons. The van der Waals surface area contributed by atoms with Crippen molar-refractivity contribution in [3.63, 3.8) is 0 Å². The smallest absolute Gasteiger partial charge is 0.408 e. The number of carbonyl (C=O) groups excluding carboxylic acids is 4. The second kappa shape index (κ2) is 7.43. The lowest BCUT2D eigenvalue weighted by Gasteiger charge is -2.26. The highest BCUT2D eigenvalue weighted by molar-refractivity contribution is 6.01. The van der Waals surface area contributed by atoms with E-state index in [0.717, 1.165) is 0 Å². The number of hydrogen-bond donors (Lipinski definition) is 1. The minimum Gasteiger partial charge on any atom is -0.444 e. The fourth-order valence-corrected chi connectivity index (χ4v) is 1.91. The normalized spacial score (nSPS) is 17.7. The first-order valence-corrected chi connectivity index (χ1v) is 7.62. The standard InChI is InChI=1S/C15H24N2O6/c1-6-9(2)12(16-14(21)22-15(3,4)5)13(20)23-17-10(18)7-8-11(17)19/h9,12H,6-8H2,1-5H3,(H,16,21)/t9?,12-/m1/s1. The number of nitrogens with one attached hydrogen (secondary N) is 1. The van der Waals surface area contributed by atoms with Gasteiger partial charge in [0.15, 0.2) is 0 Å². The summed E-state index contributed by atoms with van der Waals surface area (Å²) in [4.78, 5) is 52.0. The Morgan fingerprint density at radius 3 is 2.17 bits per heavy atom. The number of imide groups is 1. The molecular weight excluding hydrogens is 304 g/mol. The molecule has 8 heteroatoms. The first kappa shape index (κ1) is 18.9. The van der Waals surface area contributed by atoms with Crippen molar-refractivity contribution in [2.24, 2.45) is 5.92 Å². The Morgan fingerprint density at radius 1 is 1.22 bits per heavy atom. The predicted octanol–water partition coefficient (Wildman–Crippen LogP) is 1.53. The number of amides is 3. The van der Waals surface area contributed by atoms with Crippen LogP contribution in [0.2, 0.25) is 0 Å². The Labute approximate surface area is 135 Å². The molecular formula is C15H24N2O6. The van der Waals surface area contributed by atoms with E-state index in [4.69, 9.17) is 9.57 Å². The molecule has 0 aromatic rings. The van der Waals surface area contributed by atoms with E-state index in [1.165, 1.54) is 0 Å². The maximum atomic E-state index is 12.3. The van der Waals surface area contributed by atoms with E-state index < -0.39 is 35.5 Å². The number of alkyl carbamates (subject to hydrolysis) is 1. The summed E-state index contributed by atoms with van der Waals surface area (Å²) in [6.45, 7) is 8.69. The zero-order valence-electron chi connectivity index (χ0n) is 14.2. The van der Waals surface area contributed by atoms with E-state index in [1.807, 2.05) is 6.92 Å². The molecule has 3 amide bonds. The van der Waals surface area contributed by atoms with Crippen LogP contribution in [0.15, 0.2) is 0 Å². The van der Waals surface area contributed by atoms with Crippen molar-refractivity contribution < 1.29 is 28.8 Å². The van der Waals surface area contributed by atoms with Gasteiger partial charge in [0.1, 0.15) is 11.6 Å². The quantitative estimate of drug-likeness (QED) is 0.768. The number of carbonyl (C=O) groups is 4. The topological polar surface area (TPSA) is 102 Å². The summed E-state index contributed by atoms with van der Waals surface area (Å²) >= 11 is 0. The molecule has 2 atom stereocenters. The molecule has 0 radical (unpaired) electrons. The minimum absolute atomic E-state index is 0.0135. The zero-order valence-corrected chi connectivity index (χ0v) is 14.2. The second-order valence-electron chi connectivity index (χ2n) is 6.50. The van der Waals surface area contributed by atoms with E-state index in [9.17, 15) is 19.2 Å². The van der Waals surface area contributed by atoms with Crippen LogP contribution in [0.1, 0.15) is 53.9 Å². The van der Waals surface area contributed by atoms with Crippen LogP contribution < -0.4 is 5.32 Å². The summed E-state index contributed by atoms with van der Waals surface area (Å²) in [5, 5.41) is 2.91. The molecule has 1 unspecified atom stereocenters. The van der Waals surface area contributed by atoms with Crippen molar-refractivity contribution in [2.75, 3.05) is 0 Å². The molecule has 0 aliphatic carbocycles. The van der Waals surface area contributed by atoms with Crippen molar-refractivity contribution >= 4 is 23.9 Å². The van der Waals surface area contributed by atoms with E-state index in [-0.39, 0.29) is 18.8 Å². The summed E-state index contributed by atoms with van der Waals surface area (Å²) < 4.78 is 5.12. The third kappa shape index (κ3) is 5.54. The molecule has 1 rings (SSSR count). The molecule has 1 aliphatic rings. The molecule has 1 aliphatic heterocycles. The first-order valence-electron chi connectivity index (χ1n) is 7.62. The number of ether oxygens (including phenoxy) is 1. The average molecular weight is 328 g/mol. The highest BCUT2D eigenvalue weighted by Gasteiger charge is 2.37. The molecule has 23 heavy (non-hydrogen) atoms. The molecule has 1 saturated heterocycles. The summed E-state index contributed by atoms with van der Waals surface area (Å²) in [6, 6.07) is -1.02. The van der Waals surface area contributed by atoms with Gasteiger partial charge in [-0.25, -0.2) is 9.59 Å². The average Bonchev–Trinajstić information content (AvgIpc) is 2.73. The molecule has 0 aromatic carbocycles. The SMILES string of the molecule is CCC(C)[C@@H](NC(=O)OC(C)(C)C)C(=O)ON1C(=O)CCC1=O. The van der Waals surface area contributed by atoms with Gasteiger partial charge in [-0.2, -0.15) is 0 Å². The van der Waals surface area contributed by atoms with Gasteiger partial charge in [-0.15, -0.1) is 5.06 Å². The molecule has 1 N–H and O–H groups in total. The van der Waals surface area contributed by atoms with E-state index >= 15 is 0 Å². The van der Waals surface area contributed by atoms with Crippen LogP contribution >= 0.6 is 0 Å². The van der Waals surface area contributed by atoms with Gasteiger partial charge in [0.2, 0.25) is 0 Å². The fraction of sp³-hybridized carbons (Fsp3) is 0.733. The van der Waals surface area contributed by atoms with Crippen molar-refractivity contribution in [1.82, 2.24) is 10.4 Å². The zero-order chi connectivity index (χ0) is 17.8. The van der Waals surface area contributed by atoms with Crippen LogP contribution in [0.5, 0.6) is 0 Å². The Kier molecular flexibility index (Phi) is 6.12. The van der Waals surface area contributed by atoms with Crippen molar-refractivity contribution in [1.29, 1.82) is 0 Å². The molecule has 0 spiro atoms. The van der Waals surface area contributed by atoms with Crippen LogP contribution in [0.4, 0.5) is 4.79 Å². The summed E-state index contributed by atoms with van der Waals surface area (Å²) in [5.74, 6) is -2.26. The summed E-state index contributed by atoms with van der Waals surface area (Å²) in [6.07, 6.45) is -0.157. The maximum absolute atomic E-state index is 12.3. The molecule has 0 aromatic heterocycles. The largest absolute Gasteiger partial charge is 0.444 e. The van der Waals surface area contributed by atoms with Gasteiger partial charge in [-0.05, 0) is 26.7 Å². The molecule has 8 nitrogen and oxygen atoms in total. The van der Waals surface area contributed by atoms with Crippen LogP contribution in [0, 0.1) is 5.92 Å². The Morgan fingerprint density at radius 2 is 1.74 bits per heavy atom. The number of hydrogen-bond acceptors (Lipinski definition) is 6. The third-order valence-corrected chi connectivity index (χ3v) is 3.33. The Balaban J connectivity index is 2.77. The van der Waals surface area contributed by atoms with Gasteiger partial charge in [0.05, 0.1) is 0 Å². The highest BCUT2D eigenvalue weighted by atomic mass is 16.7. The van der Waals surface area contributed by atoms with E-state index in [1.54, 1.807) is 27.7 Å². The lowest BCUT2D eigenvalue weighted by molar-refractivity contribution is -0.199. The van der Waals surface area contributed by atoms with Crippen LogP contribution in [-0.4, -0.2) is 40.6 Å². The van der Waals surface area contributed by atoms with Crippen molar-refractivity contribution in [3.05, 3.63) is 0 Å². The first-order chi connectivity index (χ1) is 10.5.